The van der Waals surface area contributed by atoms with Crippen molar-refractivity contribution in [1.82, 2.24) is 4.98 Å². The molecule has 0 N–H and O–H groups in total. The van der Waals surface area contributed by atoms with E-state index in [0.29, 0.717) is 6.61 Å². The number of para-hydroxylation sites is 1. The summed E-state index contributed by atoms with van der Waals surface area (Å²) in [6, 6.07) is 18.1. The molecule has 3 nitrogen and oxygen atoms in total. The summed E-state index contributed by atoms with van der Waals surface area (Å²) >= 11 is 6.07. The number of benzene rings is 2. The second-order valence-corrected chi connectivity index (χ2v) is 7.25. The molecule has 0 bridgehead atoms. The molecule has 0 saturated carbocycles. The third kappa shape index (κ3) is 3.94. The highest BCUT2D eigenvalue weighted by Crippen LogP contribution is 2.28. The first-order chi connectivity index (χ1) is 12.8. The van der Waals surface area contributed by atoms with Crippen LogP contribution in [0.15, 0.2) is 54.6 Å². The second-order valence-electron chi connectivity index (χ2n) is 6.82. The molecule has 26 heavy (non-hydrogen) atoms. The molecule has 2 heterocycles. The van der Waals surface area contributed by atoms with Gasteiger partial charge < -0.3 is 9.64 Å². The first-order valence-electron chi connectivity index (χ1n) is 9.31. The molecule has 0 aliphatic carbocycles. The molecule has 1 aromatic heterocycles. The molecule has 0 amide bonds. The van der Waals surface area contributed by atoms with Gasteiger partial charge in [0.1, 0.15) is 23.7 Å². The van der Waals surface area contributed by atoms with Gasteiger partial charge in [-0.1, -0.05) is 48.7 Å². The molecule has 0 unspecified atom stereocenters. The van der Waals surface area contributed by atoms with E-state index in [2.05, 4.69) is 23.1 Å². The normalized spacial score (nSPS) is 15.0. The Kier molecular flexibility index (Phi) is 5.26. The van der Waals surface area contributed by atoms with Crippen LogP contribution < -0.4 is 9.64 Å². The lowest BCUT2D eigenvalue weighted by Crippen LogP contribution is -2.24. The van der Waals surface area contributed by atoms with Crippen molar-refractivity contribution in [2.24, 2.45) is 0 Å². The number of rotatable bonds is 4. The Labute approximate surface area is 159 Å². The first kappa shape index (κ1) is 17.2. The van der Waals surface area contributed by atoms with E-state index < -0.39 is 0 Å². The molecule has 1 aliphatic rings. The number of aromatic nitrogens is 1. The van der Waals surface area contributed by atoms with E-state index in [1.807, 2.05) is 36.4 Å². The zero-order chi connectivity index (χ0) is 17.8. The fourth-order valence-electron chi connectivity index (χ4n) is 3.49. The maximum atomic E-state index is 6.09. The smallest absolute Gasteiger partial charge is 0.146 e. The molecule has 1 aliphatic heterocycles. The van der Waals surface area contributed by atoms with Gasteiger partial charge in [-0.25, -0.2) is 4.98 Å². The van der Waals surface area contributed by atoms with Gasteiger partial charge >= 0.3 is 0 Å². The predicted molar refractivity (Wildman–Crippen MR) is 108 cm³/mol. The van der Waals surface area contributed by atoms with Crippen LogP contribution in [-0.2, 0) is 6.61 Å². The van der Waals surface area contributed by atoms with Gasteiger partial charge in [0.05, 0.1) is 0 Å². The van der Waals surface area contributed by atoms with Gasteiger partial charge in [0.25, 0.3) is 0 Å². The van der Waals surface area contributed by atoms with Gasteiger partial charge in [-0.3, -0.25) is 0 Å². The summed E-state index contributed by atoms with van der Waals surface area (Å²) in [5, 5.41) is 1.83. The fourth-order valence-corrected chi connectivity index (χ4v) is 3.70. The molecule has 2 aromatic carbocycles. The minimum atomic E-state index is 0.481. The summed E-state index contributed by atoms with van der Waals surface area (Å²) in [6.45, 7) is 2.66. The summed E-state index contributed by atoms with van der Waals surface area (Å²) in [5.41, 5.74) is 1.98. The van der Waals surface area contributed by atoms with E-state index >= 15 is 0 Å². The van der Waals surface area contributed by atoms with Crippen molar-refractivity contribution in [2.75, 3.05) is 18.0 Å². The highest BCUT2D eigenvalue weighted by atomic mass is 35.5. The summed E-state index contributed by atoms with van der Waals surface area (Å²) in [4.78, 5) is 7.35. The van der Waals surface area contributed by atoms with Crippen LogP contribution >= 0.6 is 11.6 Å². The number of pyridine rings is 1. The Hall–Kier alpha value is -2.26. The molecule has 4 heteroatoms. The molecule has 0 spiro atoms. The fraction of sp³-hybridized carbons (Fsp3) is 0.318. The lowest BCUT2D eigenvalue weighted by molar-refractivity contribution is 0.309. The number of halogens is 1. The SMILES string of the molecule is Clc1cccc(COc2cccc3ccc(N4CCCCCC4)nc23)c1. The Bertz CT molecular complexity index is 888. The van der Waals surface area contributed by atoms with E-state index in [4.69, 9.17) is 21.3 Å². The van der Waals surface area contributed by atoms with Gasteiger partial charge in [0.15, 0.2) is 0 Å². The van der Waals surface area contributed by atoms with Gasteiger partial charge in [0, 0.05) is 23.5 Å². The van der Waals surface area contributed by atoms with Crippen molar-refractivity contribution in [2.45, 2.75) is 32.3 Å². The van der Waals surface area contributed by atoms with Crippen molar-refractivity contribution in [1.29, 1.82) is 0 Å². The topological polar surface area (TPSA) is 25.4 Å². The molecule has 0 atom stereocenters. The highest BCUT2D eigenvalue weighted by Gasteiger charge is 2.13. The largest absolute Gasteiger partial charge is 0.487 e. The van der Waals surface area contributed by atoms with E-state index in [1.165, 1.54) is 25.7 Å². The minimum absolute atomic E-state index is 0.481. The quantitative estimate of drug-likeness (QED) is 0.579. The summed E-state index contributed by atoms with van der Waals surface area (Å²) in [6.07, 6.45) is 5.12. The average Bonchev–Trinajstić information content (AvgIpc) is 2.95. The first-order valence-corrected chi connectivity index (χ1v) is 9.69. The number of ether oxygens (including phenoxy) is 1. The average molecular weight is 367 g/mol. The molecule has 4 rings (SSSR count). The van der Waals surface area contributed by atoms with Gasteiger partial charge in [-0.15, -0.1) is 0 Å². The van der Waals surface area contributed by atoms with Crippen LogP contribution in [0.25, 0.3) is 10.9 Å². The standard InChI is InChI=1S/C22H23ClN2O/c23-19-9-5-7-17(15-19)16-26-20-10-6-8-18-11-12-21(24-22(18)20)25-13-3-1-2-4-14-25/h5-12,15H,1-4,13-14,16H2. The summed E-state index contributed by atoms with van der Waals surface area (Å²) in [5.74, 6) is 1.87. The molecule has 3 aromatic rings. The molecular formula is C22H23ClN2O. The molecular weight excluding hydrogens is 344 g/mol. The van der Waals surface area contributed by atoms with Gasteiger partial charge in [0.2, 0.25) is 0 Å². The Morgan fingerprint density at radius 3 is 2.54 bits per heavy atom. The number of anilines is 1. The monoisotopic (exact) mass is 366 g/mol. The number of nitrogens with zero attached hydrogens (tertiary/aromatic N) is 2. The van der Waals surface area contributed by atoms with Gasteiger partial charge in [-0.05, 0) is 48.7 Å². The van der Waals surface area contributed by atoms with Crippen molar-refractivity contribution in [3.05, 3.63) is 65.2 Å². The maximum Gasteiger partial charge on any atom is 0.146 e. The lowest BCUT2D eigenvalue weighted by Gasteiger charge is -2.22. The van der Waals surface area contributed by atoms with Crippen molar-refractivity contribution in [3.63, 3.8) is 0 Å². The molecule has 0 radical (unpaired) electrons. The minimum Gasteiger partial charge on any atom is -0.487 e. The zero-order valence-electron chi connectivity index (χ0n) is 14.8. The third-order valence-electron chi connectivity index (χ3n) is 4.88. The third-order valence-corrected chi connectivity index (χ3v) is 5.12. The zero-order valence-corrected chi connectivity index (χ0v) is 15.6. The van der Waals surface area contributed by atoms with Crippen LogP contribution in [0.3, 0.4) is 0 Å². The Morgan fingerprint density at radius 2 is 1.73 bits per heavy atom. The number of hydrogen-bond acceptors (Lipinski definition) is 3. The van der Waals surface area contributed by atoms with E-state index in [9.17, 15) is 0 Å². The summed E-state index contributed by atoms with van der Waals surface area (Å²) < 4.78 is 6.09. The number of hydrogen-bond donors (Lipinski definition) is 0. The van der Waals surface area contributed by atoms with E-state index in [1.54, 1.807) is 0 Å². The van der Waals surface area contributed by atoms with Crippen molar-refractivity contribution >= 4 is 28.3 Å². The molecule has 1 saturated heterocycles. The highest BCUT2D eigenvalue weighted by molar-refractivity contribution is 6.30. The number of fused-ring (bicyclic) bond motifs is 1. The molecule has 1 fully saturated rings. The lowest BCUT2D eigenvalue weighted by atomic mass is 10.2. The summed E-state index contributed by atoms with van der Waals surface area (Å²) in [7, 11) is 0. The van der Waals surface area contributed by atoms with Crippen LogP contribution in [0.4, 0.5) is 5.82 Å². The molecule has 134 valence electrons. The van der Waals surface area contributed by atoms with Gasteiger partial charge in [-0.2, -0.15) is 0 Å². The Balaban J connectivity index is 1.60. The van der Waals surface area contributed by atoms with Crippen LogP contribution in [0.5, 0.6) is 5.75 Å². The van der Waals surface area contributed by atoms with Crippen molar-refractivity contribution in [3.8, 4) is 5.75 Å². The van der Waals surface area contributed by atoms with Crippen LogP contribution in [0.2, 0.25) is 5.02 Å². The Morgan fingerprint density at radius 1 is 0.923 bits per heavy atom. The van der Waals surface area contributed by atoms with Crippen molar-refractivity contribution < 1.29 is 4.74 Å². The van der Waals surface area contributed by atoms with E-state index in [0.717, 1.165) is 46.1 Å². The van der Waals surface area contributed by atoms with Crippen LogP contribution in [0.1, 0.15) is 31.2 Å². The van der Waals surface area contributed by atoms with Crippen LogP contribution in [0, 0.1) is 0 Å². The van der Waals surface area contributed by atoms with E-state index in [-0.39, 0.29) is 0 Å². The maximum absolute atomic E-state index is 6.09. The van der Waals surface area contributed by atoms with Crippen LogP contribution in [-0.4, -0.2) is 18.1 Å². The predicted octanol–water partition coefficient (Wildman–Crippen LogP) is 5.85. The second kappa shape index (κ2) is 7.96.